The molecule has 0 N–H and O–H groups in total. The van der Waals surface area contributed by atoms with Crippen molar-refractivity contribution in [2.24, 2.45) is 0 Å². The number of imidazole rings is 1. The zero-order valence-electron chi connectivity index (χ0n) is 18.0. The topological polar surface area (TPSA) is 109 Å². The number of hydrogen-bond acceptors (Lipinski definition) is 7. The monoisotopic (exact) mass is 428 g/mol. The van der Waals surface area contributed by atoms with E-state index in [-0.39, 0.29) is 29.4 Å². The van der Waals surface area contributed by atoms with Crippen molar-refractivity contribution < 1.29 is 23.9 Å². The van der Waals surface area contributed by atoms with E-state index in [9.17, 15) is 14.9 Å². The van der Waals surface area contributed by atoms with Gasteiger partial charge >= 0.3 is 5.69 Å². The van der Waals surface area contributed by atoms with Crippen LogP contribution in [0.5, 0.6) is 17.2 Å². The maximum Gasteiger partial charge on any atom is 0.327 e. The fourth-order valence-electron chi connectivity index (χ4n) is 3.57. The summed E-state index contributed by atoms with van der Waals surface area (Å²) in [7, 11) is 5.55. The van der Waals surface area contributed by atoms with E-state index < -0.39 is 16.5 Å². The standard InChI is InChI=1S/C21H24N4O6/c1-6-24-15-10-8-7-9-14(15)22-17(24)12-23(2)21(26)13-11-16(29-3)19(30-4)20(31-5)18(13)25(27)28/h7-11H,6,12H2,1-5H3. The van der Waals surface area contributed by atoms with Gasteiger partial charge in [-0.15, -0.1) is 0 Å². The lowest BCUT2D eigenvalue weighted by Gasteiger charge is -2.20. The van der Waals surface area contributed by atoms with Crippen molar-refractivity contribution in [1.82, 2.24) is 14.5 Å². The first kappa shape index (κ1) is 21.9. The molecule has 1 aromatic heterocycles. The molecule has 0 fully saturated rings. The summed E-state index contributed by atoms with van der Waals surface area (Å²) in [6.45, 7) is 2.82. The molecule has 0 saturated carbocycles. The molecule has 10 nitrogen and oxygen atoms in total. The average molecular weight is 428 g/mol. The van der Waals surface area contributed by atoms with Gasteiger partial charge in [0.15, 0.2) is 5.75 Å². The van der Waals surface area contributed by atoms with Crippen molar-refractivity contribution in [2.75, 3.05) is 28.4 Å². The first-order chi connectivity index (χ1) is 14.9. The number of aromatic nitrogens is 2. The molecule has 2 aromatic carbocycles. The van der Waals surface area contributed by atoms with Crippen LogP contribution in [0.25, 0.3) is 11.0 Å². The van der Waals surface area contributed by atoms with Crippen LogP contribution >= 0.6 is 0 Å². The summed E-state index contributed by atoms with van der Waals surface area (Å²) in [4.78, 5) is 30.4. The third-order valence-electron chi connectivity index (χ3n) is 4.99. The number of hydrogen-bond donors (Lipinski definition) is 0. The van der Waals surface area contributed by atoms with Gasteiger partial charge in [-0.05, 0) is 19.1 Å². The number of carbonyl (C=O) groups excluding carboxylic acids is 1. The minimum absolute atomic E-state index is 0.0451. The number of rotatable bonds is 8. The molecule has 10 heteroatoms. The Bertz CT molecular complexity index is 1140. The molecular weight excluding hydrogens is 404 g/mol. The molecule has 164 valence electrons. The fourth-order valence-corrected chi connectivity index (χ4v) is 3.57. The quantitative estimate of drug-likeness (QED) is 0.400. The average Bonchev–Trinajstić information content (AvgIpc) is 3.13. The normalized spacial score (nSPS) is 10.7. The number of nitro groups is 1. The van der Waals surface area contributed by atoms with Crippen LogP contribution in [-0.2, 0) is 13.1 Å². The van der Waals surface area contributed by atoms with Crippen LogP contribution in [0.15, 0.2) is 30.3 Å². The Morgan fingerprint density at radius 2 is 1.84 bits per heavy atom. The van der Waals surface area contributed by atoms with Gasteiger partial charge < -0.3 is 23.7 Å². The minimum Gasteiger partial charge on any atom is -0.493 e. The van der Waals surface area contributed by atoms with Crippen molar-refractivity contribution >= 4 is 22.6 Å². The molecular formula is C21H24N4O6. The smallest absolute Gasteiger partial charge is 0.327 e. The molecule has 0 unspecified atom stereocenters. The van der Waals surface area contributed by atoms with Crippen LogP contribution in [0, 0.1) is 10.1 Å². The zero-order chi connectivity index (χ0) is 22.7. The van der Waals surface area contributed by atoms with E-state index in [4.69, 9.17) is 14.2 Å². The Hall–Kier alpha value is -3.82. The predicted molar refractivity (Wildman–Crippen MR) is 114 cm³/mol. The molecule has 3 rings (SSSR count). The van der Waals surface area contributed by atoms with Crippen LogP contribution in [0.1, 0.15) is 23.1 Å². The minimum atomic E-state index is -0.664. The van der Waals surface area contributed by atoms with Gasteiger partial charge in [0.1, 0.15) is 11.4 Å². The number of carbonyl (C=O) groups is 1. The summed E-state index contributed by atoms with van der Waals surface area (Å²) in [6.07, 6.45) is 0. The van der Waals surface area contributed by atoms with E-state index in [1.165, 1.54) is 32.3 Å². The molecule has 3 aromatic rings. The van der Waals surface area contributed by atoms with Gasteiger partial charge in [-0.25, -0.2) is 4.98 Å². The molecule has 0 atom stereocenters. The summed E-state index contributed by atoms with van der Waals surface area (Å²) in [5.41, 5.74) is 1.13. The second kappa shape index (κ2) is 8.90. The molecule has 0 aliphatic carbocycles. The molecule has 0 aliphatic heterocycles. The molecule has 1 amide bonds. The molecule has 0 radical (unpaired) electrons. The number of aryl methyl sites for hydroxylation is 1. The maximum atomic E-state index is 13.3. The Morgan fingerprint density at radius 3 is 2.42 bits per heavy atom. The zero-order valence-corrected chi connectivity index (χ0v) is 18.0. The van der Waals surface area contributed by atoms with Gasteiger partial charge in [-0.2, -0.15) is 0 Å². The summed E-state index contributed by atoms with van der Waals surface area (Å²) < 4.78 is 17.7. The summed E-state index contributed by atoms with van der Waals surface area (Å²) in [6, 6.07) is 8.97. The largest absolute Gasteiger partial charge is 0.493 e. The highest BCUT2D eigenvalue weighted by atomic mass is 16.6. The van der Waals surface area contributed by atoms with Crippen LogP contribution in [0.3, 0.4) is 0 Å². The Labute approximate surface area is 179 Å². The van der Waals surface area contributed by atoms with Crippen LogP contribution in [-0.4, -0.2) is 53.7 Å². The van der Waals surface area contributed by atoms with Crippen molar-refractivity contribution in [3.63, 3.8) is 0 Å². The summed E-state index contributed by atoms with van der Waals surface area (Å²) >= 11 is 0. The second-order valence-corrected chi connectivity index (χ2v) is 6.72. The van der Waals surface area contributed by atoms with Crippen LogP contribution in [0.2, 0.25) is 0 Å². The lowest BCUT2D eigenvalue weighted by Crippen LogP contribution is -2.28. The van der Waals surface area contributed by atoms with E-state index in [0.717, 1.165) is 11.0 Å². The van der Waals surface area contributed by atoms with Gasteiger partial charge in [-0.1, -0.05) is 12.1 Å². The Morgan fingerprint density at radius 1 is 1.16 bits per heavy atom. The van der Waals surface area contributed by atoms with Crippen molar-refractivity contribution in [3.8, 4) is 17.2 Å². The number of para-hydroxylation sites is 2. The van der Waals surface area contributed by atoms with Crippen LogP contribution in [0.4, 0.5) is 5.69 Å². The molecule has 0 spiro atoms. The highest BCUT2D eigenvalue weighted by molar-refractivity contribution is 6.00. The van der Waals surface area contributed by atoms with E-state index in [1.54, 1.807) is 7.05 Å². The van der Waals surface area contributed by atoms with E-state index >= 15 is 0 Å². The van der Waals surface area contributed by atoms with Crippen molar-refractivity contribution in [2.45, 2.75) is 20.0 Å². The number of fused-ring (bicyclic) bond motifs is 1. The van der Waals surface area contributed by atoms with Gasteiger partial charge in [-0.3, -0.25) is 14.9 Å². The first-order valence-corrected chi connectivity index (χ1v) is 9.54. The first-order valence-electron chi connectivity index (χ1n) is 9.54. The van der Waals surface area contributed by atoms with Crippen LogP contribution < -0.4 is 14.2 Å². The van der Waals surface area contributed by atoms with Gasteiger partial charge in [0.2, 0.25) is 11.5 Å². The van der Waals surface area contributed by atoms with Gasteiger partial charge in [0.25, 0.3) is 5.91 Å². The number of ether oxygens (including phenoxy) is 3. The Kier molecular flexibility index (Phi) is 6.28. The third-order valence-corrected chi connectivity index (χ3v) is 4.99. The van der Waals surface area contributed by atoms with E-state index in [2.05, 4.69) is 4.98 Å². The predicted octanol–water partition coefficient (Wildman–Crippen LogP) is 3.26. The van der Waals surface area contributed by atoms with E-state index in [1.807, 2.05) is 35.8 Å². The third kappa shape index (κ3) is 3.83. The molecule has 31 heavy (non-hydrogen) atoms. The lowest BCUT2D eigenvalue weighted by molar-refractivity contribution is -0.386. The maximum absolute atomic E-state index is 13.3. The fraction of sp³-hybridized carbons (Fsp3) is 0.333. The number of amides is 1. The van der Waals surface area contributed by atoms with Crippen molar-refractivity contribution in [1.29, 1.82) is 0 Å². The number of methoxy groups -OCH3 is 3. The molecule has 0 bridgehead atoms. The highest BCUT2D eigenvalue weighted by Crippen LogP contribution is 2.46. The number of nitro benzene ring substituents is 1. The van der Waals surface area contributed by atoms with Crippen molar-refractivity contribution in [3.05, 3.63) is 51.8 Å². The Balaban J connectivity index is 2.05. The highest BCUT2D eigenvalue weighted by Gasteiger charge is 2.34. The molecule has 0 saturated heterocycles. The molecule has 0 aliphatic rings. The summed E-state index contributed by atoms with van der Waals surface area (Å²) in [5, 5.41) is 11.8. The van der Waals surface area contributed by atoms with Gasteiger partial charge in [0.05, 0.1) is 43.8 Å². The SMILES string of the molecule is CCn1c(CN(C)C(=O)c2cc(OC)c(OC)c(OC)c2[N+](=O)[O-])nc2ccccc21. The number of benzene rings is 2. The summed E-state index contributed by atoms with van der Waals surface area (Å²) in [5.74, 6) is 0.130. The van der Waals surface area contributed by atoms with Gasteiger partial charge in [0, 0.05) is 19.7 Å². The lowest BCUT2D eigenvalue weighted by atomic mass is 10.1. The number of nitrogens with zero attached hydrogens (tertiary/aromatic N) is 4. The molecule has 1 heterocycles. The van der Waals surface area contributed by atoms with E-state index in [0.29, 0.717) is 12.4 Å². The second-order valence-electron chi connectivity index (χ2n) is 6.72.